The molecule has 0 aromatic heterocycles. The first-order valence-electron chi connectivity index (χ1n) is 6.67. The molecule has 1 aromatic rings. The molecule has 1 atom stereocenters. The summed E-state index contributed by atoms with van der Waals surface area (Å²) in [6, 6.07) is 8.43. The molecule has 1 aliphatic heterocycles. The first kappa shape index (κ1) is 12.6. The Kier molecular flexibility index (Phi) is 3.85. The van der Waals surface area contributed by atoms with E-state index in [1.54, 1.807) is 0 Å². The molecule has 0 spiro atoms. The summed E-state index contributed by atoms with van der Waals surface area (Å²) < 4.78 is 0. The number of aliphatic hydroxyl groups is 1. The maximum Gasteiger partial charge on any atom is 0.0897 e. The van der Waals surface area contributed by atoms with Gasteiger partial charge in [0.1, 0.15) is 0 Å². The van der Waals surface area contributed by atoms with Gasteiger partial charge in [-0.2, -0.15) is 0 Å². The van der Waals surface area contributed by atoms with Gasteiger partial charge in [0.15, 0.2) is 0 Å². The van der Waals surface area contributed by atoms with Crippen LogP contribution in [0.1, 0.15) is 37.8 Å². The van der Waals surface area contributed by atoms with Crippen molar-refractivity contribution >= 4 is 0 Å². The third-order valence-corrected chi connectivity index (χ3v) is 4.08. The average molecular weight is 233 g/mol. The van der Waals surface area contributed by atoms with Crippen molar-refractivity contribution < 1.29 is 5.11 Å². The third-order valence-electron chi connectivity index (χ3n) is 4.08. The Balaban J connectivity index is 2.17. The van der Waals surface area contributed by atoms with E-state index in [1.165, 1.54) is 5.56 Å². The summed E-state index contributed by atoms with van der Waals surface area (Å²) in [5, 5.41) is 14.1. The minimum absolute atomic E-state index is 0.372. The van der Waals surface area contributed by atoms with E-state index in [1.807, 2.05) is 6.92 Å². The van der Waals surface area contributed by atoms with Gasteiger partial charge < -0.3 is 10.4 Å². The van der Waals surface area contributed by atoms with Crippen molar-refractivity contribution in [1.82, 2.24) is 5.32 Å². The number of piperidine rings is 1. The van der Waals surface area contributed by atoms with Gasteiger partial charge in [-0.05, 0) is 56.3 Å². The van der Waals surface area contributed by atoms with E-state index in [0.29, 0.717) is 5.92 Å². The zero-order chi connectivity index (χ0) is 12.3. The minimum Gasteiger partial charge on any atom is -0.385 e. The monoisotopic (exact) mass is 233 g/mol. The molecular formula is C15H23NO. The van der Waals surface area contributed by atoms with E-state index in [9.17, 15) is 5.11 Å². The third kappa shape index (κ3) is 2.70. The molecule has 1 aromatic carbocycles. The Morgan fingerprint density at radius 1 is 1.24 bits per heavy atom. The first-order chi connectivity index (χ1) is 8.14. The number of nitrogens with one attached hydrogen (secondary N) is 1. The van der Waals surface area contributed by atoms with Crippen LogP contribution in [0.4, 0.5) is 0 Å². The van der Waals surface area contributed by atoms with Crippen molar-refractivity contribution in [3.63, 3.8) is 0 Å². The fourth-order valence-corrected chi connectivity index (χ4v) is 2.70. The van der Waals surface area contributed by atoms with E-state index < -0.39 is 5.60 Å². The quantitative estimate of drug-likeness (QED) is 0.840. The van der Waals surface area contributed by atoms with Gasteiger partial charge in [0.05, 0.1) is 5.60 Å². The molecule has 2 nitrogen and oxygen atoms in total. The average Bonchev–Trinajstić information content (AvgIpc) is 2.40. The van der Waals surface area contributed by atoms with Crippen LogP contribution in [0.25, 0.3) is 0 Å². The summed E-state index contributed by atoms with van der Waals surface area (Å²) >= 11 is 0. The predicted molar refractivity (Wildman–Crippen MR) is 71.0 cm³/mol. The molecule has 1 fully saturated rings. The van der Waals surface area contributed by atoms with Crippen molar-refractivity contribution in [2.24, 2.45) is 5.92 Å². The van der Waals surface area contributed by atoms with Gasteiger partial charge in [-0.3, -0.25) is 0 Å². The smallest absolute Gasteiger partial charge is 0.0897 e. The normalized spacial score (nSPS) is 21.1. The molecule has 0 amide bonds. The summed E-state index contributed by atoms with van der Waals surface area (Å²) in [7, 11) is 0. The number of hydrogen-bond donors (Lipinski definition) is 2. The highest BCUT2D eigenvalue weighted by Gasteiger charge is 2.34. The standard InChI is InChI=1S/C15H23NO/c1-3-12-4-6-13(7-5-12)15(2,17)14-8-10-16-11-9-14/h4-7,14,16-17H,3,8-11H2,1-2H3. The lowest BCUT2D eigenvalue weighted by molar-refractivity contribution is -0.0186. The van der Waals surface area contributed by atoms with Crippen LogP contribution in [0.5, 0.6) is 0 Å². The van der Waals surface area contributed by atoms with E-state index in [4.69, 9.17) is 0 Å². The molecule has 1 unspecified atom stereocenters. The van der Waals surface area contributed by atoms with Crippen LogP contribution in [-0.2, 0) is 12.0 Å². The van der Waals surface area contributed by atoms with E-state index >= 15 is 0 Å². The highest BCUT2D eigenvalue weighted by atomic mass is 16.3. The Morgan fingerprint density at radius 2 is 1.82 bits per heavy atom. The lowest BCUT2D eigenvalue weighted by Gasteiger charge is -2.36. The molecule has 1 heterocycles. The SMILES string of the molecule is CCc1ccc(C(C)(O)C2CCNCC2)cc1. The summed E-state index contributed by atoms with van der Waals surface area (Å²) in [4.78, 5) is 0. The number of benzene rings is 1. The second kappa shape index (κ2) is 5.19. The maximum atomic E-state index is 10.7. The minimum atomic E-state index is -0.686. The van der Waals surface area contributed by atoms with Gasteiger partial charge >= 0.3 is 0 Å². The van der Waals surface area contributed by atoms with Gasteiger partial charge in [0, 0.05) is 0 Å². The van der Waals surface area contributed by atoms with Crippen molar-refractivity contribution in [2.75, 3.05) is 13.1 Å². The Bertz CT molecular complexity index is 350. The molecule has 0 aliphatic carbocycles. The molecule has 2 rings (SSSR count). The summed E-state index contributed by atoms with van der Waals surface area (Å²) in [5.41, 5.74) is 1.70. The Hall–Kier alpha value is -0.860. The molecule has 2 N–H and O–H groups in total. The molecule has 1 aliphatic rings. The molecule has 0 bridgehead atoms. The van der Waals surface area contributed by atoms with Gasteiger partial charge in [0.25, 0.3) is 0 Å². The second-order valence-electron chi connectivity index (χ2n) is 5.22. The van der Waals surface area contributed by atoms with Gasteiger partial charge in [-0.25, -0.2) is 0 Å². The lowest BCUT2D eigenvalue weighted by atomic mass is 9.77. The van der Waals surface area contributed by atoms with E-state index in [0.717, 1.165) is 37.9 Å². The van der Waals surface area contributed by atoms with E-state index in [2.05, 4.69) is 36.5 Å². The first-order valence-corrected chi connectivity index (χ1v) is 6.67. The van der Waals surface area contributed by atoms with E-state index in [-0.39, 0.29) is 0 Å². The molecular weight excluding hydrogens is 210 g/mol. The highest BCUT2D eigenvalue weighted by Crippen LogP contribution is 2.34. The summed E-state index contributed by atoms with van der Waals surface area (Å²) in [5.74, 6) is 0.372. The molecule has 1 saturated heterocycles. The Morgan fingerprint density at radius 3 is 2.35 bits per heavy atom. The predicted octanol–water partition coefficient (Wildman–Crippen LogP) is 2.46. The number of rotatable bonds is 3. The lowest BCUT2D eigenvalue weighted by Crippen LogP contribution is -2.39. The second-order valence-corrected chi connectivity index (χ2v) is 5.22. The molecule has 0 saturated carbocycles. The fraction of sp³-hybridized carbons (Fsp3) is 0.600. The zero-order valence-electron chi connectivity index (χ0n) is 10.9. The van der Waals surface area contributed by atoms with Crippen LogP contribution in [0.2, 0.25) is 0 Å². The molecule has 2 heteroatoms. The highest BCUT2D eigenvalue weighted by molar-refractivity contribution is 5.27. The van der Waals surface area contributed by atoms with Gasteiger partial charge in [0.2, 0.25) is 0 Å². The topological polar surface area (TPSA) is 32.3 Å². The number of hydrogen-bond acceptors (Lipinski definition) is 2. The zero-order valence-corrected chi connectivity index (χ0v) is 10.9. The molecule has 0 radical (unpaired) electrons. The van der Waals surface area contributed by atoms with Crippen LogP contribution in [0.15, 0.2) is 24.3 Å². The van der Waals surface area contributed by atoms with Crippen LogP contribution in [0, 0.1) is 5.92 Å². The van der Waals surface area contributed by atoms with Crippen molar-refractivity contribution in [3.05, 3.63) is 35.4 Å². The van der Waals surface area contributed by atoms with Crippen molar-refractivity contribution in [1.29, 1.82) is 0 Å². The van der Waals surface area contributed by atoms with Crippen LogP contribution in [-0.4, -0.2) is 18.2 Å². The maximum absolute atomic E-state index is 10.7. The molecule has 17 heavy (non-hydrogen) atoms. The number of aryl methyl sites for hydroxylation is 1. The van der Waals surface area contributed by atoms with Crippen LogP contribution >= 0.6 is 0 Å². The van der Waals surface area contributed by atoms with Gasteiger partial charge in [-0.1, -0.05) is 31.2 Å². The largest absolute Gasteiger partial charge is 0.385 e. The van der Waals surface area contributed by atoms with Crippen molar-refractivity contribution in [3.8, 4) is 0 Å². The van der Waals surface area contributed by atoms with Crippen molar-refractivity contribution in [2.45, 2.75) is 38.7 Å². The van der Waals surface area contributed by atoms with Crippen LogP contribution in [0.3, 0.4) is 0 Å². The van der Waals surface area contributed by atoms with Gasteiger partial charge in [-0.15, -0.1) is 0 Å². The van der Waals surface area contributed by atoms with Crippen LogP contribution < -0.4 is 5.32 Å². The molecule has 94 valence electrons. The Labute approximate surface area is 104 Å². The summed E-state index contributed by atoms with van der Waals surface area (Å²) in [6.07, 6.45) is 3.17. The fourth-order valence-electron chi connectivity index (χ4n) is 2.70. The summed E-state index contributed by atoms with van der Waals surface area (Å²) in [6.45, 7) is 6.16.